The number of rotatable bonds is 4. The zero-order valence-corrected chi connectivity index (χ0v) is 19.5. The third-order valence-electron chi connectivity index (χ3n) is 6.58. The maximum Gasteiger partial charge on any atom is 0.253 e. The van der Waals surface area contributed by atoms with Crippen molar-refractivity contribution in [2.75, 3.05) is 50.8 Å². The van der Waals surface area contributed by atoms with Gasteiger partial charge >= 0.3 is 0 Å². The Hall–Kier alpha value is -0.950. The molecule has 1 aromatic rings. The van der Waals surface area contributed by atoms with Gasteiger partial charge in [-0.15, -0.1) is 0 Å². The molecule has 0 aromatic heterocycles. The van der Waals surface area contributed by atoms with E-state index < -0.39 is 0 Å². The predicted octanol–water partition coefficient (Wildman–Crippen LogP) is 3.89. The van der Waals surface area contributed by atoms with Crippen molar-refractivity contribution < 1.29 is 9.59 Å². The first-order chi connectivity index (χ1) is 14.5. The van der Waals surface area contributed by atoms with Crippen molar-refractivity contribution in [3.63, 3.8) is 0 Å². The summed E-state index contributed by atoms with van der Waals surface area (Å²) >= 11 is 14.0. The average Bonchev–Trinajstić information content (AvgIpc) is 3.31. The van der Waals surface area contributed by atoms with Crippen LogP contribution in [0.1, 0.15) is 36.0 Å². The summed E-state index contributed by atoms with van der Waals surface area (Å²) in [5, 5.41) is 0.847. The summed E-state index contributed by atoms with van der Waals surface area (Å²) in [5.41, 5.74) is 0.562. The van der Waals surface area contributed by atoms with Crippen LogP contribution >= 0.6 is 35.0 Å². The van der Waals surface area contributed by atoms with Crippen molar-refractivity contribution >= 4 is 46.8 Å². The zero-order valence-electron chi connectivity index (χ0n) is 17.2. The van der Waals surface area contributed by atoms with Crippen LogP contribution in [0, 0.1) is 5.92 Å². The monoisotopic (exact) mass is 469 g/mol. The van der Waals surface area contributed by atoms with Crippen LogP contribution in [0.5, 0.6) is 0 Å². The summed E-state index contributed by atoms with van der Waals surface area (Å²) in [6.07, 6.45) is 4.73. The highest BCUT2D eigenvalue weighted by Gasteiger charge is 2.39. The number of hydrogen-bond acceptors (Lipinski definition) is 4. The second-order valence-electron chi connectivity index (χ2n) is 8.38. The molecular weight excluding hydrogens is 441 g/mol. The van der Waals surface area contributed by atoms with Crippen LogP contribution in [0.4, 0.5) is 0 Å². The molecule has 2 saturated heterocycles. The minimum atomic E-state index is -0.0298. The summed E-state index contributed by atoms with van der Waals surface area (Å²) in [4.78, 5) is 32.7. The van der Waals surface area contributed by atoms with E-state index in [1.165, 1.54) is 12.8 Å². The Balaban J connectivity index is 1.42. The van der Waals surface area contributed by atoms with Crippen molar-refractivity contribution in [3.8, 4) is 0 Å². The van der Waals surface area contributed by atoms with Crippen molar-refractivity contribution in [3.05, 3.63) is 33.8 Å². The Kier molecular flexibility index (Phi) is 7.50. The standard InChI is InChI=1S/C22H29Cl2N3O2S/c23-18-6-5-17(15-19(18)24)21(28)26-9-7-25(8-10-26)20(16-3-1-2-4-16)22(29)27-11-13-30-14-12-27/h5-6,15-16,20H,1-4,7-14H2. The number of piperazine rings is 1. The maximum atomic E-state index is 13.5. The molecule has 2 heterocycles. The van der Waals surface area contributed by atoms with E-state index >= 15 is 0 Å². The smallest absolute Gasteiger partial charge is 0.253 e. The first-order valence-electron chi connectivity index (χ1n) is 10.9. The second kappa shape index (κ2) is 10.1. The molecule has 1 atom stereocenters. The van der Waals surface area contributed by atoms with Crippen LogP contribution in [0.2, 0.25) is 10.0 Å². The van der Waals surface area contributed by atoms with E-state index in [1.807, 2.05) is 16.7 Å². The Morgan fingerprint density at radius 2 is 1.57 bits per heavy atom. The molecule has 8 heteroatoms. The molecule has 1 aliphatic carbocycles. The summed E-state index contributed by atoms with van der Waals surface area (Å²) in [6, 6.07) is 5.00. The van der Waals surface area contributed by atoms with E-state index in [2.05, 4.69) is 9.80 Å². The SMILES string of the molecule is O=C(c1ccc(Cl)c(Cl)c1)N1CCN(C(C(=O)N2CCSCC2)C2CCCC2)CC1. The van der Waals surface area contributed by atoms with E-state index in [9.17, 15) is 9.59 Å². The lowest BCUT2D eigenvalue weighted by atomic mass is 9.94. The number of amides is 2. The normalized spacial score (nSPS) is 22.3. The third kappa shape index (κ3) is 4.93. The molecule has 164 valence electrons. The first kappa shape index (κ1) is 22.3. The van der Waals surface area contributed by atoms with Gasteiger partial charge in [0.15, 0.2) is 0 Å². The topological polar surface area (TPSA) is 43.9 Å². The predicted molar refractivity (Wildman–Crippen MR) is 124 cm³/mol. The molecule has 0 spiro atoms. The van der Waals surface area contributed by atoms with Crippen LogP contribution in [0.25, 0.3) is 0 Å². The molecule has 1 aromatic carbocycles. The Labute approximate surface area is 193 Å². The summed E-state index contributed by atoms with van der Waals surface area (Å²) in [7, 11) is 0. The third-order valence-corrected chi connectivity index (χ3v) is 8.27. The first-order valence-corrected chi connectivity index (χ1v) is 12.8. The molecule has 3 fully saturated rings. The highest BCUT2D eigenvalue weighted by molar-refractivity contribution is 7.99. The summed E-state index contributed by atoms with van der Waals surface area (Å²) in [5.74, 6) is 2.81. The van der Waals surface area contributed by atoms with Gasteiger partial charge in [-0.05, 0) is 37.0 Å². The number of carbonyl (C=O) groups is 2. The Morgan fingerprint density at radius 1 is 0.900 bits per heavy atom. The van der Waals surface area contributed by atoms with Crippen LogP contribution < -0.4 is 0 Å². The van der Waals surface area contributed by atoms with E-state index in [1.54, 1.807) is 18.2 Å². The number of benzene rings is 1. The summed E-state index contributed by atoms with van der Waals surface area (Å²) < 4.78 is 0. The van der Waals surface area contributed by atoms with Crippen molar-refractivity contribution in [1.82, 2.24) is 14.7 Å². The molecule has 0 N–H and O–H groups in total. The van der Waals surface area contributed by atoms with E-state index in [4.69, 9.17) is 23.2 Å². The number of hydrogen-bond donors (Lipinski definition) is 0. The number of halogens is 2. The second-order valence-corrected chi connectivity index (χ2v) is 10.4. The van der Waals surface area contributed by atoms with Gasteiger partial charge in [-0.2, -0.15) is 11.8 Å². The van der Waals surface area contributed by atoms with Gasteiger partial charge in [-0.3, -0.25) is 14.5 Å². The van der Waals surface area contributed by atoms with E-state index in [0.29, 0.717) is 40.5 Å². The number of nitrogens with zero attached hydrogens (tertiary/aromatic N) is 3. The minimum Gasteiger partial charge on any atom is -0.340 e. The van der Waals surface area contributed by atoms with Crippen LogP contribution in [0.3, 0.4) is 0 Å². The highest BCUT2D eigenvalue weighted by atomic mass is 35.5. The lowest BCUT2D eigenvalue weighted by Gasteiger charge is -2.43. The van der Waals surface area contributed by atoms with Gasteiger partial charge in [0.1, 0.15) is 0 Å². The fraction of sp³-hybridized carbons (Fsp3) is 0.636. The fourth-order valence-electron chi connectivity index (χ4n) is 4.91. The van der Waals surface area contributed by atoms with Gasteiger partial charge in [0.05, 0.1) is 16.1 Å². The fourth-order valence-corrected chi connectivity index (χ4v) is 6.12. The number of thioether (sulfide) groups is 1. The maximum absolute atomic E-state index is 13.5. The zero-order chi connectivity index (χ0) is 21.1. The van der Waals surface area contributed by atoms with E-state index in [-0.39, 0.29) is 11.9 Å². The quantitative estimate of drug-likeness (QED) is 0.670. The molecule has 3 aliphatic rings. The van der Waals surface area contributed by atoms with Gasteiger partial charge in [0.25, 0.3) is 5.91 Å². The molecule has 1 saturated carbocycles. The molecule has 0 bridgehead atoms. The van der Waals surface area contributed by atoms with Gasteiger partial charge in [0.2, 0.25) is 5.91 Å². The molecule has 4 rings (SSSR count). The number of carbonyl (C=O) groups excluding carboxylic acids is 2. The molecule has 5 nitrogen and oxygen atoms in total. The average molecular weight is 470 g/mol. The molecular formula is C22H29Cl2N3O2S. The Morgan fingerprint density at radius 3 is 2.20 bits per heavy atom. The van der Waals surface area contributed by atoms with Gasteiger partial charge < -0.3 is 9.80 Å². The van der Waals surface area contributed by atoms with Gasteiger partial charge in [-0.25, -0.2) is 0 Å². The van der Waals surface area contributed by atoms with Crippen LogP contribution in [-0.2, 0) is 4.79 Å². The lowest BCUT2D eigenvalue weighted by Crippen LogP contribution is -2.59. The van der Waals surface area contributed by atoms with Crippen LogP contribution in [-0.4, -0.2) is 83.3 Å². The van der Waals surface area contributed by atoms with Gasteiger partial charge in [-0.1, -0.05) is 36.0 Å². The Bertz CT molecular complexity index is 774. The van der Waals surface area contributed by atoms with Crippen molar-refractivity contribution in [2.45, 2.75) is 31.7 Å². The highest BCUT2D eigenvalue weighted by Crippen LogP contribution is 2.32. The molecule has 30 heavy (non-hydrogen) atoms. The van der Waals surface area contributed by atoms with Gasteiger partial charge in [0, 0.05) is 56.3 Å². The van der Waals surface area contributed by atoms with Crippen LogP contribution in [0.15, 0.2) is 18.2 Å². The molecule has 2 aliphatic heterocycles. The van der Waals surface area contributed by atoms with Crippen molar-refractivity contribution in [1.29, 1.82) is 0 Å². The minimum absolute atomic E-state index is 0.0231. The molecule has 2 amide bonds. The largest absolute Gasteiger partial charge is 0.340 e. The summed E-state index contributed by atoms with van der Waals surface area (Å²) in [6.45, 7) is 4.47. The molecule has 1 unspecified atom stereocenters. The van der Waals surface area contributed by atoms with E-state index in [0.717, 1.165) is 50.5 Å². The lowest BCUT2D eigenvalue weighted by molar-refractivity contribution is -0.139. The van der Waals surface area contributed by atoms with Crippen molar-refractivity contribution in [2.24, 2.45) is 5.92 Å². The molecule has 0 radical (unpaired) electrons.